The lowest BCUT2D eigenvalue weighted by Crippen LogP contribution is -2.40. The van der Waals surface area contributed by atoms with Gasteiger partial charge in [-0.1, -0.05) is 24.3 Å². The Hall–Kier alpha value is -2.82. The standard InChI is InChI=1S/C24H31N5O3.HI/c1-3-26-24(28-14-12-18-8-6-9-19(16-18)23(31)25-2)27-13-7-15-29-20-10-4-5-11-21(20)32-17-22(29)30;/h4-6,8-11,16H,3,7,12-15,17H2,1-2H3,(H,25,31)(H2,26,27,28);1H. The molecule has 1 aliphatic rings. The van der Waals surface area contributed by atoms with Gasteiger partial charge in [0.15, 0.2) is 12.6 Å². The predicted molar refractivity (Wildman–Crippen MR) is 142 cm³/mol. The summed E-state index contributed by atoms with van der Waals surface area (Å²) in [5.74, 6) is 1.36. The van der Waals surface area contributed by atoms with Gasteiger partial charge in [-0.2, -0.15) is 0 Å². The minimum Gasteiger partial charge on any atom is -0.482 e. The van der Waals surface area contributed by atoms with Crippen LogP contribution in [-0.2, 0) is 11.2 Å². The van der Waals surface area contributed by atoms with Crippen molar-refractivity contribution in [2.45, 2.75) is 19.8 Å². The summed E-state index contributed by atoms with van der Waals surface area (Å²) in [4.78, 5) is 30.5. The van der Waals surface area contributed by atoms with Crippen molar-refractivity contribution in [1.29, 1.82) is 0 Å². The molecule has 0 bridgehead atoms. The van der Waals surface area contributed by atoms with E-state index in [0.717, 1.165) is 42.3 Å². The summed E-state index contributed by atoms with van der Waals surface area (Å²) in [6, 6.07) is 15.2. The third-order valence-electron chi connectivity index (χ3n) is 5.08. The van der Waals surface area contributed by atoms with Crippen molar-refractivity contribution in [1.82, 2.24) is 16.0 Å². The largest absolute Gasteiger partial charge is 0.482 e. The van der Waals surface area contributed by atoms with E-state index in [9.17, 15) is 9.59 Å². The van der Waals surface area contributed by atoms with Crippen molar-refractivity contribution in [2.75, 3.05) is 44.7 Å². The molecule has 2 aromatic rings. The monoisotopic (exact) mass is 565 g/mol. The Labute approximate surface area is 212 Å². The number of hydrogen-bond donors (Lipinski definition) is 3. The van der Waals surface area contributed by atoms with E-state index in [4.69, 9.17) is 4.74 Å². The number of anilines is 1. The fraction of sp³-hybridized carbons (Fsp3) is 0.375. The number of amides is 2. The van der Waals surface area contributed by atoms with Gasteiger partial charge < -0.3 is 25.6 Å². The molecule has 3 rings (SSSR count). The second kappa shape index (κ2) is 13.7. The first-order chi connectivity index (χ1) is 15.6. The van der Waals surface area contributed by atoms with E-state index in [1.54, 1.807) is 18.0 Å². The number of ether oxygens (including phenoxy) is 1. The van der Waals surface area contributed by atoms with Crippen LogP contribution >= 0.6 is 24.0 Å². The number of hydrogen-bond acceptors (Lipinski definition) is 4. The Balaban J connectivity index is 0.00000385. The molecule has 0 unspecified atom stereocenters. The molecule has 178 valence electrons. The molecule has 2 aromatic carbocycles. The van der Waals surface area contributed by atoms with Crippen molar-refractivity contribution in [3.63, 3.8) is 0 Å². The van der Waals surface area contributed by atoms with Crippen LogP contribution < -0.4 is 25.6 Å². The van der Waals surface area contributed by atoms with Crippen LogP contribution in [-0.4, -0.2) is 57.6 Å². The second-order valence-electron chi connectivity index (χ2n) is 7.37. The SMILES string of the molecule is CCNC(=NCCCN1C(=O)COc2ccccc21)NCCc1cccc(C(=O)NC)c1.I. The number of para-hydroxylation sites is 2. The number of halogens is 1. The zero-order chi connectivity index (χ0) is 22.8. The Kier molecular flexibility index (Phi) is 10.9. The van der Waals surface area contributed by atoms with Gasteiger partial charge in [-0.15, -0.1) is 24.0 Å². The molecule has 0 saturated carbocycles. The zero-order valence-electron chi connectivity index (χ0n) is 19.1. The topological polar surface area (TPSA) is 95.1 Å². The molecule has 2 amide bonds. The van der Waals surface area contributed by atoms with Crippen molar-refractivity contribution in [3.05, 3.63) is 59.7 Å². The fourth-order valence-corrected chi connectivity index (χ4v) is 3.50. The summed E-state index contributed by atoms with van der Waals surface area (Å²) in [5, 5.41) is 9.22. The number of nitrogens with one attached hydrogen (secondary N) is 3. The number of nitrogens with zero attached hydrogens (tertiary/aromatic N) is 2. The number of fused-ring (bicyclic) bond motifs is 1. The van der Waals surface area contributed by atoms with Crippen molar-refractivity contribution >= 4 is 47.4 Å². The van der Waals surface area contributed by atoms with Gasteiger partial charge in [-0.05, 0) is 49.6 Å². The van der Waals surface area contributed by atoms with Gasteiger partial charge in [0.2, 0.25) is 0 Å². The van der Waals surface area contributed by atoms with Gasteiger partial charge in [0.25, 0.3) is 11.8 Å². The Morgan fingerprint density at radius 1 is 1.15 bits per heavy atom. The van der Waals surface area contributed by atoms with Crippen LogP contribution in [0.1, 0.15) is 29.3 Å². The van der Waals surface area contributed by atoms with Crippen molar-refractivity contribution in [3.8, 4) is 5.75 Å². The van der Waals surface area contributed by atoms with Crippen LogP contribution in [0.2, 0.25) is 0 Å². The van der Waals surface area contributed by atoms with Crippen LogP contribution in [0.4, 0.5) is 5.69 Å². The lowest BCUT2D eigenvalue weighted by molar-refractivity contribution is -0.121. The van der Waals surface area contributed by atoms with Crippen molar-refractivity contribution in [2.24, 2.45) is 4.99 Å². The third-order valence-corrected chi connectivity index (χ3v) is 5.08. The van der Waals surface area contributed by atoms with Crippen molar-refractivity contribution < 1.29 is 14.3 Å². The molecule has 0 spiro atoms. The average molecular weight is 565 g/mol. The first-order valence-electron chi connectivity index (χ1n) is 11.0. The minimum atomic E-state index is -0.0870. The highest BCUT2D eigenvalue weighted by atomic mass is 127. The number of aliphatic imine (C=N–C) groups is 1. The third kappa shape index (κ3) is 7.62. The molecule has 0 aliphatic carbocycles. The minimum absolute atomic E-state index is 0. The molecule has 8 nitrogen and oxygen atoms in total. The summed E-state index contributed by atoms with van der Waals surface area (Å²) >= 11 is 0. The molecule has 9 heteroatoms. The van der Waals surface area contributed by atoms with E-state index in [1.807, 2.05) is 49.4 Å². The maximum Gasteiger partial charge on any atom is 0.265 e. The molecule has 1 heterocycles. The Bertz CT molecular complexity index is 967. The molecule has 0 aromatic heterocycles. The first-order valence-corrected chi connectivity index (χ1v) is 11.0. The number of rotatable bonds is 9. The maximum absolute atomic E-state index is 12.3. The highest BCUT2D eigenvalue weighted by Gasteiger charge is 2.24. The molecule has 0 atom stereocenters. The fourth-order valence-electron chi connectivity index (χ4n) is 3.50. The van der Waals surface area contributed by atoms with E-state index < -0.39 is 0 Å². The zero-order valence-corrected chi connectivity index (χ0v) is 21.4. The molecule has 3 N–H and O–H groups in total. The van der Waals surface area contributed by atoms with Crippen LogP contribution in [0, 0.1) is 0 Å². The predicted octanol–water partition coefficient (Wildman–Crippen LogP) is 2.58. The molecular weight excluding hydrogens is 533 g/mol. The highest BCUT2D eigenvalue weighted by Crippen LogP contribution is 2.31. The van der Waals surface area contributed by atoms with E-state index >= 15 is 0 Å². The summed E-state index contributed by atoms with van der Waals surface area (Å²) in [7, 11) is 1.63. The molecule has 0 radical (unpaired) electrons. The van der Waals surface area contributed by atoms with Gasteiger partial charge in [0, 0.05) is 38.8 Å². The normalized spacial score (nSPS) is 12.8. The van der Waals surface area contributed by atoms with Gasteiger partial charge in [-0.3, -0.25) is 14.6 Å². The van der Waals surface area contributed by atoms with Gasteiger partial charge >= 0.3 is 0 Å². The molecule has 33 heavy (non-hydrogen) atoms. The van der Waals surface area contributed by atoms with Gasteiger partial charge in [0.1, 0.15) is 5.75 Å². The van der Waals surface area contributed by atoms with Crippen LogP contribution in [0.15, 0.2) is 53.5 Å². The van der Waals surface area contributed by atoms with Crippen LogP contribution in [0.25, 0.3) is 0 Å². The van der Waals surface area contributed by atoms with Crippen LogP contribution in [0.5, 0.6) is 5.75 Å². The Morgan fingerprint density at radius 3 is 2.76 bits per heavy atom. The van der Waals surface area contributed by atoms with Gasteiger partial charge in [-0.25, -0.2) is 0 Å². The maximum atomic E-state index is 12.3. The number of carbonyl (C=O) groups is 2. The number of carbonyl (C=O) groups excluding carboxylic acids is 2. The molecule has 0 saturated heterocycles. The Morgan fingerprint density at radius 2 is 1.97 bits per heavy atom. The summed E-state index contributed by atoms with van der Waals surface area (Å²) in [6.45, 7) is 4.73. The first kappa shape index (κ1) is 26.4. The van der Waals surface area contributed by atoms with E-state index in [-0.39, 0.29) is 42.4 Å². The number of benzene rings is 2. The molecule has 0 fully saturated rings. The lowest BCUT2D eigenvalue weighted by atomic mass is 10.1. The quantitative estimate of drug-likeness (QED) is 0.188. The summed E-state index contributed by atoms with van der Waals surface area (Å²) in [6.07, 6.45) is 1.51. The summed E-state index contributed by atoms with van der Waals surface area (Å²) in [5.41, 5.74) is 2.56. The molecular formula is C24H32IN5O3. The van der Waals surface area contributed by atoms with E-state index in [0.29, 0.717) is 25.2 Å². The number of guanidine groups is 1. The van der Waals surface area contributed by atoms with Gasteiger partial charge in [0.05, 0.1) is 5.69 Å². The highest BCUT2D eigenvalue weighted by molar-refractivity contribution is 14.0. The lowest BCUT2D eigenvalue weighted by Gasteiger charge is -2.29. The molecule has 1 aliphatic heterocycles. The van der Waals surface area contributed by atoms with E-state index in [1.165, 1.54) is 0 Å². The average Bonchev–Trinajstić information content (AvgIpc) is 2.82. The summed E-state index contributed by atoms with van der Waals surface area (Å²) < 4.78 is 5.49. The van der Waals surface area contributed by atoms with E-state index in [2.05, 4.69) is 20.9 Å². The smallest absolute Gasteiger partial charge is 0.265 e. The second-order valence-corrected chi connectivity index (χ2v) is 7.37. The van der Waals surface area contributed by atoms with Crippen LogP contribution in [0.3, 0.4) is 0 Å².